The molecule has 1 heterocycles. The Labute approximate surface area is 84.2 Å². The van der Waals surface area contributed by atoms with Crippen LogP contribution in [0.3, 0.4) is 0 Å². The van der Waals surface area contributed by atoms with E-state index in [4.69, 9.17) is 9.47 Å². The first kappa shape index (κ1) is 9.28. The first-order chi connectivity index (χ1) is 6.76. The van der Waals surface area contributed by atoms with Crippen molar-refractivity contribution in [2.45, 2.75) is 18.9 Å². The molecule has 14 heavy (non-hydrogen) atoms. The number of hydrogen-bond acceptors (Lipinski definition) is 2. The second-order valence-corrected chi connectivity index (χ2v) is 3.61. The van der Waals surface area contributed by atoms with Gasteiger partial charge in [0.15, 0.2) is 0 Å². The van der Waals surface area contributed by atoms with Gasteiger partial charge >= 0.3 is 0 Å². The quantitative estimate of drug-likeness (QED) is 0.682. The minimum atomic E-state index is -0.167. The van der Waals surface area contributed by atoms with Crippen LogP contribution >= 0.6 is 0 Å². The van der Waals surface area contributed by atoms with Gasteiger partial charge < -0.3 is 9.47 Å². The fourth-order valence-corrected chi connectivity index (χ4v) is 1.72. The molecule has 2 rings (SSSR count). The molecule has 1 aromatic carbocycles. The summed E-state index contributed by atoms with van der Waals surface area (Å²) in [6, 6.07) is 7.92. The molecule has 1 aromatic rings. The summed E-state index contributed by atoms with van der Waals surface area (Å²) in [5.74, 6) is 0.838. The highest BCUT2D eigenvalue weighted by Crippen LogP contribution is 2.41. The molecule has 0 amide bonds. The average Bonchev–Trinajstić information content (AvgIpc) is 2.16. The SMILES string of the molecule is C=COc1ccccc1C1(C)CCO1. The minimum Gasteiger partial charge on any atom is -0.465 e. The minimum absolute atomic E-state index is 0.167. The van der Waals surface area contributed by atoms with Gasteiger partial charge in [-0.3, -0.25) is 0 Å². The van der Waals surface area contributed by atoms with Crippen LogP contribution in [-0.4, -0.2) is 6.61 Å². The second kappa shape index (κ2) is 3.46. The molecule has 0 aliphatic carbocycles. The predicted molar refractivity (Wildman–Crippen MR) is 55.2 cm³/mol. The Hall–Kier alpha value is -1.28. The van der Waals surface area contributed by atoms with Gasteiger partial charge in [0, 0.05) is 12.0 Å². The molecule has 0 radical (unpaired) electrons. The van der Waals surface area contributed by atoms with Crippen molar-refractivity contribution < 1.29 is 9.47 Å². The van der Waals surface area contributed by atoms with Gasteiger partial charge in [0.2, 0.25) is 0 Å². The van der Waals surface area contributed by atoms with E-state index >= 15 is 0 Å². The molecule has 2 nitrogen and oxygen atoms in total. The van der Waals surface area contributed by atoms with Crippen LogP contribution in [0.1, 0.15) is 18.9 Å². The lowest BCUT2D eigenvalue weighted by Gasteiger charge is -2.39. The molecule has 1 aliphatic heterocycles. The molecule has 74 valence electrons. The molecular weight excluding hydrogens is 176 g/mol. The molecule has 0 spiro atoms. The predicted octanol–water partition coefficient (Wildman–Crippen LogP) is 2.84. The fourth-order valence-electron chi connectivity index (χ4n) is 1.72. The molecule has 0 aromatic heterocycles. The Bertz CT molecular complexity index is 340. The third-order valence-corrected chi connectivity index (χ3v) is 2.67. The number of para-hydroxylation sites is 1. The van der Waals surface area contributed by atoms with E-state index in [0.717, 1.165) is 24.3 Å². The topological polar surface area (TPSA) is 18.5 Å². The van der Waals surface area contributed by atoms with Crippen LogP contribution in [0.4, 0.5) is 0 Å². The highest BCUT2D eigenvalue weighted by atomic mass is 16.5. The van der Waals surface area contributed by atoms with Gasteiger partial charge in [-0.25, -0.2) is 0 Å². The fraction of sp³-hybridized carbons (Fsp3) is 0.333. The lowest BCUT2D eigenvalue weighted by molar-refractivity contribution is -0.141. The van der Waals surface area contributed by atoms with Gasteiger partial charge in [0.25, 0.3) is 0 Å². The first-order valence-electron chi connectivity index (χ1n) is 4.77. The maximum atomic E-state index is 5.58. The largest absolute Gasteiger partial charge is 0.465 e. The number of rotatable bonds is 3. The zero-order valence-corrected chi connectivity index (χ0v) is 8.32. The van der Waals surface area contributed by atoms with Crippen molar-refractivity contribution in [3.8, 4) is 5.75 Å². The Kier molecular flexibility index (Phi) is 2.30. The van der Waals surface area contributed by atoms with E-state index in [1.807, 2.05) is 24.3 Å². The van der Waals surface area contributed by atoms with Gasteiger partial charge in [0.1, 0.15) is 5.75 Å². The summed E-state index contributed by atoms with van der Waals surface area (Å²) in [6.45, 7) is 6.48. The van der Waals surface area contributed by atoms with Crippen LogP contribution in [0.15, 0.2) is 37.1 Å². The maximum Gasteiger partial charge on any atom is 0.132 e. The van der Waals surface area contributed by atoms with Crippen LogP contribution in [0, 0.1) is 0 Å². The van der Waals surface area contributed by atoms with E-state index in [0.29, 0.717) is 0 Å². The van der Waals surface area contributed by atoms with E-state index < -0.39 is 0 Å². The molecule has 0 bridgehead atoms. The first-order valence-corrected chi connectivity index (χ1v) is 4.77. The van der Waals surface area contributed by atoms with E-state index in [-0.39, 0.29) is 5.60 Å². The molecule has 1 fully saturated rings. The lowest BCUT2D eigenvalue weighted by Crippen LogP contribution is -2.37. The van der Waals surface area contributed by atoms with Gasteiger partial charge in [-0.1, -0.05) is 24.8 Å². The molecule has 1 aliphatic rings. The van der Waals surface area contributed by atoms with Crippen molar-refractivity contribution in [1.29, 1.82) is 0 Å². The van der Waals surface area contributed by atoms with Crippen LogP contribution in [0.25, 0.3) is 0 Å². The van der Waals surface area contributed by atoms with Crippen LogP contribution in [0.2, 0.25) is 0 Å². The lowest BCUT2D eigenvalue weighted by atomic mass is 9.88. The summed E-state index contributed by atoms with van der Waals surface area (Å²) >= 11 is 0. The summed E-state index contributed by atoms with van der Waals surface area (Å²) in [6.07, 6.45) is 2.49. The van der Waals surface area contributed by atoms with E-state index in [1.54, 1.807) is 0 Å². The summed E-state index contributed by atoms with van der Waals surface area (Å²) in [7, 11) is 0. The smallest absolute Gasteiger partial charge is 0.132 e. The van der Waals surface area contributed by atoms with E-state index in [9.17, 15) is 0 Å². The van der Waals surface area contributed by atoms with E-state index in [1.165, 1.54) is 6.26 Å². The zero-order chi connectivity index (χ0) is 10.0. The van der Waals surface area contributed by atoms with Crippen LogP contribution in [-0.2, 0) is 10.3 Å². The summed E-state index contributed by atoms with van der Waals surface area (Å²) in [5, 5.41) is 0. The monoisotopic (exact) mass is 190 g/mol. The van der Waals surface area contributed by atoms with Gasteiger partial charge in [-0.2, -0.15) is 0 Å². The second-order valence-electron chi connectivity index (χ2n) is 3.61. The number of hydrogen-bond donors (Lipinski definition) is 0. The molecule has 0 saturated carbocycles. The Morgan fingerprint density at radius 2 is 2.21 bits per heavy atom. The highest BCUT2D eigenvalue weighted by molar-refractivity contribution is 5.39. The molecular formula is C12H14O2. The van der Waals surface area contributed by atoms with Gasteiger partial charge in [0.05, 0.1) is 18.5 Å². The third-order valence-electron chi connectivity index (χ3n) is 2.67. The van der Waals surface area contributed by atoms with Crippen molar-refractivity contribution in [2.75, 3.05) is 6.61 Å². The molecule has 1 atom stereocenters. The standard InChI is InChI=1S/C12H14O2/c1-3-13-11-7-5-4-6-10(11)12(2)8-9-14-12/h3-7H,1,8-9H2,2H3. The highest BCUT2D eigenvalue weighted by Gasteiger charge is 2.37. The Morgan fingerprint density at radius 3 is 2.79 bits per heavy atom. The Balaban J connectivity index is 2.35. The summed E-state index contributed by atoms with van der Waals surface area (Å²) in [4.78, 5) is 0. The van der Waals surface area contributed by atoms with Crippen molar-refractivity contribution >= 4 is 0 Å². The molecule has 0 N–H and O–H groups in total. The van der Waals surface area contributed by atoms with Crippen molar-refractivity contribution in [3.05, 3.63) is 42.7 Å². The normalized spacial score (nSPS) is 25.2. The van der Waals surface area contributed by atoms with Crippen molar-refractivity contribution in [1.82, 2.24) is 0 Å². The van der Waals surface area contributed by atoms with Gasteiger partial charge in [-0.05, 0) is 13.0 Å². The van der Waals surface area contributed by atoms with Crippen LogP contribution < -0.4 is 4.74 Å². The van der Waals surface area contributed by atoms with Gasteiger partial charge in [-0.15, -0.1) is 0 Å². The van der Waals surface area contributed by atoms with Crippen LogP contribution in [0.5, 0.6) is 5.75 Å². The summed E-state index contributed by atoms with van der Waals surface area (Å²) < 4.78 is 10.9. The molecule has 2 heteroatoms. The average molecular weight is 190 g/mol. The zero-order valence-electron chi connectivity index (χ0n) is 8.32. The maximum absolute atomic E-state index is 5.58. The molecule has 1 saturated heterocycles. The molecule has 1 unspecified atom stereocenters. The van der Waals surface area contributed by atoms with Crippen molar-refractivity contribution in [3.63, 3.8) is 0 Å². The number of benzene rings is 1. The van der Waals surface area contributed by atoms with E-state index in [2.05, 4.69) is 13.5 Å². The van der Waals surface area contributed by atoms with Crippen molar-refractivity contribution in [2.24, 2.45) is 0 Å². The number of ether oxygens (including phenoxy) is 2. The Morgan fingerprint density at radius 1 is 1.50 bits per heavy atom. The summed E-state index contributed by atoms with van der Waals surface area (Å²) in [5.41, 5.74) is 0.936. The third kappa shape index (κ3) is 1.42.